The van der Waals surface area contributed by atoms with Crippen molar-refractivity contribution < 1.29 is 24.2 Å². The van der Waals surface area contributed by atoms with E-state index in [2.05, 4.69) is 25.7 Å². The Morgan fingerprint density at radius 3 is 2.51 bits per heavy atom. The van der Waals surface area contributed by atoms with Crippen molar-refractivity contribution >= 4 is 46.2 Å². The first kappa shape index (κ1) is 32.4. The summed E-state index contributed by atoms with van der Waals surface area (Å²) in [5.41, 5.74) is 10.0. The topological polar surface area (TPSA) is 150 Å². The van der Waals surface area contributed by atoms with Gasteiger partial charge in [0.25, 0.3) is 0 Å². The van der Waals surface area contributed by atoms with Crippen LogP contribution in [0.4, 0.5) is 5.69 Å². The fraction of sp³-hybridized carbons (Fsp3) is 0.531. The van der Waals surface area contributed by atoms with E-state index < -0.39 is 5.97 Å². The molecule has 0 bridgehead atoms. The molecule has 0 radical (unpaired) electrons. The third kappa shape index (κ3) is 7.37. The van der Waals surface area contributed by atoms with Crippen molar-refractivity contribution in [1.29, 1.82) is 5.41 Å². The molecule has 1 saturated heterocycles. The van der Waals surface area contributed by atoms with Crippen molar-refractivity contribution in [1.82, 2.24) is 9.88 Å². The first-order valence-electron chi connectivity index (χ1n) is 14.9. The molecule has 1 aromatic heterocycles. The number of benzene rings is 1. The van der Waals surface area contributed by atoms with Gasteiger partial charge in [0.1, 0.15) is 17.3 Å². The Morgan fingerprint density at radius 2 is 1.88 bits per heavy atom. The number of carbonyl (C=O) groups is 3. The Balaban J connectivity index is 0.00000423. The van der Waals surface area contributed by atoms with Crippen LogP contribution in [0.3, 0.4) is 0 Å². The average molecular weight is 657 g/mol. The predicted molar refractivity (Wildman–Crippen MR) is 170 cm³/mol. The number of pyridine rings is 1. The van der Waals surface area contributed by atoms with Crippen molar-refractivity contribution in [2.75, 3.05) is 31.1 Å². The lowest BCUT2D eigenvalue weighted by Crippen LogP contribution is -2.31. The largest absolute Gasteiger partial charge is 0.491 e. The van der Waals surface area contributed by atoms with Gasteiger partial charge in [-0.05, 0) is 55.7 Å². The summed E-state index contributed by atoms with van der Waals surface area (Å²) in [4.78, 5) is 45.3. The van der Waals surface area contributed by atoms with Crippen molar-refractivity contribution in [3.05, 3.63) is 52.3 Å². The molecule has 1 aromatic carbocycles. The average Bonchev–Trinajstić information content (AvgIpc) is 3.58. The molecule has 1 amide bonds. The van der Waals surface area contributed by atoms with Crippen LogP contribution >= 0.6 is 17.0 Å². The number of nitrogens with zero attached hydrogens (tertiary/aromatic N) is 3. The van der Waals surface area contributed by atoms with Crippen LogP contribution in [0.1, 0.15) is 98.1 Å². The second-order valence-corrected chi connectivity index (χ2v) is 12.8. The summed E-state index contributed by atoms with van der Waals surface area (Å²) in [5, 5.41) is 17.7. The summed E-state index contributed by atoms with van der Waals surface area (Å²) >= 11 is 0. The number of Topliss-reactive ketones (excluding diaryl/α,β-unsaturated/α-hetero) is 1. The third-order valence-corrected chi connectivity index (χ3v) is 8.39. The van der Waals surface area contributed by atoms with E-state index in [1.807, 2.05) is 24.3 Å². The van der Waals surface area contributed by atoms with Crippen LogP contribution in [0.25, 0.3) is 0 Å². The molecule has 232 valence electrons. The monoisotopic (exact) mass is 655 g/mol. The lowest BCUT2D eigenvalue weighted by molar-refractivity contribution is -0.137. The number of carboxylic acid groups (broad SMARTS) is 1. The molecule has 4 N–H and O–H groups in total. The van der Waals surface area contributed by atoms with Gasteiger partial charge < -0.3 is 25.4 Å². The number of halogens is 1. The van der Waals surface area contributed by atoms with Gasteiger partial charge in [-0.3, -0.25) is 19.8 Å². The number of hydrogen-bond acceptors (Lipinski definition) is 7. The molecule has 2 aliphatic heterocycles. The van der Waals surface area contributed by atoms with Gasteiger partial charge in [-0.2, -0.15) is 0 Å². The summed E-state index contributed by atoms with van der Waals surface area (Å²) in [6, 6.07) is 7.81. The number of aliphatic carboxylic acids is 1. The Bertz CT molecular complexity index is 1420. The molecule has 1 unspecified atom stereocenters. The number of aromatic nitrogens is 1. The number of amides is 1. The molecule has 1 saturated carbocycles. The van der Waals surface area contributed by atoms with Crippen LogP contribution in [0.5, 0.6) is 5.75 Å². The number of ether oxygens (including phenoxy) is 1. The lowest BCUT2D eigenvalue weighted by atomic mass is 9.84. The highest BCUT2D eigenvalue weighted by Gasteiger charge is 2.34. The summed E-state index contributed by atoms with van der Waals surface area (Å²) < 4.78 is 6.33. The van der Waals surface area contributed by atoms with E-state index in [1.165, 1.54) is 0 Å². The quantitative estimate of drug-likeness (QED) is 0.218. The number of amidine groups is 1. The maximum Gasteiger partial charge on any atom is 0.303 e. The van der Waals surface area contributed by atoms with E-state index >= 15 is 0 Å². The highest BCUT2D eigenvalue weighted by atomic mass is 79.9. The van der Waals surface area contributed by atoms with E-state index in [9.17, 15) is 14.4 Å². The number of ketones is 1. The molecule has 1 aliphatic carbocycles. The van der Waals surface area contributed by atoms with Crippen LogP contribution in [0, 0.1) is 11.3 Å². The number of primary amides is 1. The highest BCUT2D eigenvalue weighted by molar-refractivity contribution is 8.93. The smallest absolute Gasteiger partial charge is 0.303 e. The van der Waals surface area contributed by atoms with Crippen molar-refractivity contribution in [2.24, 2.45) is 11.7 Å². The van der Waals surface area contributed by atoms with Crippen molar-refractivity contribution in [2.45, 2.75) is 77.2 Å². The minimum absolute atomic E-state index is 0. The number of carbonyl (C=O) groups excluding carboxylic acids is 2. The Morgan fingerprint density at radius 1 is 1.14 bits per heavy atom. The number of carboxylic acids is 1. The first-order valence-corrected chi connectivity index (χ1v) is 14.9. The SMILES string of the molecule is Br.CC(C)(C)c1cc(C(=O)CN2Cc3ccc(C4CC4)nc3C2=N)cc(N2CCC(C(N)=O)C2)c1OCCCCC(=O)O. The molecule has 2 fully saturated rings. The molecule has 11 heteroatoms. The van der Waals surface area contributed by atoms with Crippen molar-refractivity contribution in [3.63, 3.8) is 0 Å². The van der Waals surface area contributed by atoms with Crippen molar-refractivity contribution in [3.8, 4) is 5.75 Å². The van der Waals surface area contributed by atoms with Gasteiger partial charge in [0, 0.05) is 54.4 Å². The molecular formula is C32H42BrN5O5. The van der Waals surface area contributed by atoms with E-state index in [4.69, 9.17) is 26.0 Å². The number of unbranched alkanes of at least 4 members (excludes halogenated alkanes) is 1. The minimum Gasteiger partial charge on any atom is -0.491 e. The van der Waals surface area contributed by atoms with Gasteiger partial charge in [-0.1, -0.05) is 26.8 Å². The van der Waals surface area contributed by atoms with Gasteiger partial charge in [-0.15, -0.1) is 17.0 Å². The molecule has 5 rings (SSSR count). The van der Waals surface area contributed by atoms with E-state index in [-0.39, 0.29) is 58.8 Å². The fourth-order valence-corrected chi connectivity index (χ4v) is 5.76. The lowest BCUT2D eigenvalue weighted by Gasteiger charge is -2.30. The number of nitrogens with two attached hydrogens (primary N) is 1. The highest BCUT2D eigenvalue weighted by Crippen LogP contribution is 2.43. The molecule has 43 heavy (non-hydrogen) atoms. The zero-order valence-electron chi connectivity index (χ0n) is 25.1. The van der Waals surface area contributed by atoms with Crippen LogP contribution in [-0.2, 0) is 21.5 Å². The van der Waals surface area contributed by atoms with Crippen LogP contribution in [-0.4, -0.2) is 64.7 Å². The Hall–Kier alpha value is -3.47. The standard InChI is InChI=1S/C32H41N5O5.BrH/c1-32(2,3)23-14-22(26(38)18-37-16-20-9-10-24(19-7-8-19)35-28(20)30(37)33)15-25(36-12-11-21(17-36)31(34)41)29(23)42-13-5-4-6-27(39)40;/h9-10,14-15,19,21,33H,4-8,11-13,16-18H2,1-3H3,(H2,34,41)(H,39,40);1H. The molecule has 3 aliphatic rings. The molecule has 0 spiro atoms. The van der Waals surface area contributed by atoms with E-state index in [0.29, 0.717) is 68.4 Å². The van der Waals surface area contributed by atoms with Gasteiger partial charge in [0.05, 0.1) is 24.8 Å². The Kier molecular flexibility index (Phi) is 9.83. The zero-order chi connectivity index (χ0) is 30.2. The summed E-state index contributed by atoms with van der Waals surface area (Å²) in [6.45, 7) is 8.08. The van der Waals surface area contributed by atoms with E-state index in [0.717, 1.165) is 35.3 Å². The van der Waals surface area contributed by atoms with Gasteiger partial charge in [0.2, 0.25) is 5.91 Å². The normalized spacial score (nSPS) is 17.9. The summed E-state index contributed by atoms with van der Waals surface area (Å²) in [5.74, 6) is -0.160. The number of hydrogen-bond donors (Lipinski definition) is 3. The van der Waals surface area contributed by atoms with Crippen LogP contribution in [0.15, 0.2) is 24.3 Å². The third-order valence-electron chi connectivity index (χ3n) is 8.39. The summed E-state index contributed by atoms with van der Waals surface area (Å²) in [7, 11) is 0. The predicted octanol–water partition coefficient (Wildman–Crippen LogP) is 4.80. The number of nitrogens with one attached hydrogen (secondary N) is 1. The maximum absolute atomic E-state index is 13.8. The van der Waals surface area contributed by atoms with E-state index in [1.54, 1.807) is 4.90 Å². The zero-order valence-corrected chi connectivity index (χ0v) is 26.9. The van der Waals surface area contributed by atoms with Gasteiger partial charge in [0.15, 0.2) is 5.78 Å². The van der Waals surface area contributed by atoms with Gasteiger partial charge in [-0.25, -0.2) is 4.98 Å². The molecule has 1 atom stereocenters. The number of rotatable bonds is 12. The maximum atomic E-state index is 13.8. The molecule has 2 aromatic rings. The fourth-order valence-electron chi connectivity index (χ4n) is 5.76. The minimum atomic E-state index is -0.836. The molecule has 10 nitrogen and oxygen atoms in total. The second-order valence-electron chi connectivity index (χ2n) is 12.8. The van der Waals surface area contributed by atoms with Crippen LogP contribution < -0.4 is 15.4 Å². The summed E-state index contributed by atoms with van der Waals surface area (Å²) in [6.07, 6.45) is 4.05. The number of anilines is 1. The Labute approximate surface area is 263 Å². The van der Waals surface area contributed by atoms with Gasteiger partial charge >= 0.3 is 5.97 Å². The molecule has 3 heterocycles. The molecular weight excluding hydrogens is 614 g/mol. The number of fused-ring (bicyclic) bond motifs is 1. The second kappa shape index (κ2) is 13.0. The van der Waals surface area contributed by atoms with Crippen LogP contribution in [0.2, 0.25) is 0 Å². The first-order chi connectivity index (χ1) is 19.9.